The lowest BCUT2D eigenvalue weighted by molar-refractivity contribution is -0.167. The Labute approximate surface area is 404 Å². The lowest BCUT2D eigenvalue weighted by Gasteiger charge is -2.18. The Hall–Kier alpha value is -2.11. The van der Waals surface area contributed by atoms with Crippen molar-refractivity contribution in [1.82, 2.24) is 0 Å². The Balaban J connectivity index is 4.26. The van der Waals surface area contributed by atoms with Crippen molar-refractivity contribution >= 4 is 17.9 Å². The number of hydrogen-bond acceptors (Lipinski definition) is 6. The molecule has 6 heteroatoms. The van der Waals surface area contributed by atoms with E-state index in [2.05, 4.69) is 45.1 Å². The van der Waals surface area contributed by atoms with Crippen LogP contribution < -0.4 is 0 Å². The molecule has 0 aliphatic rings. The molecule has 0 saturated carbocycles. The van der Waals surface area contributed by atoms with Crippen LogP contribution in [0, 0.1) is 0 Å². The van der Waals surface area contributed by atoms with Crippen molar-refractivity contribution in [3.05, 3.63) is 24.3 Å². The van der Waals surface area contributed by atoms with Crippen molar-refractivity contribution in [2.75, 3.05) is 13.2 Å². The zero-order chi connectivity index (χ0) is 47.2. The maximum atomic E-state index is 12.8. The fraction of sp³-hybridized carbons (Fsp3) is 0.881. The van der Waals surface area contributed by atoms with Gasteiger partial charge >= 0.3 is 17.9 Å². The van der Waals surface area contributed by atoms with Crippen LogP contribution in [-0.2, 0) is 28.6 Å². The van der Waals surface area contributed by atoms with Crippen LogP contribution in [0.25, 0.3) is 0 Å². The summed E-state index contributed by atoms with van der Waals surface area (Å²) < 4.78 is 16.9. The maximum absolute atomic E-state index is 12.8. The van der Waals surface area contributed by atoms with Gasteiger partial charge in [-0.05, 0) is 51.4 Å². The molecule has 0 aromatic rings. The van der Waals surface area contributed by atoms with Crippen molar-refractivity contribution in [2.45, 2.75) is 322 Å². The standard InChI is InChI=1S/C59H110O6/c1-4-7-10-13-16-19-22-24-26-28-30-32-33-35-37-40-43-46-49-52-58(61)64-55-56(54-63-57(60)51-48-45-42-39-21-18-15-12-9-6-3)65-59(62)53-50-47-44-41-38-36-34-31-29-27-25-23-20-17-14-11-8-5-2/h16,19,24,26,56H,4-15,17-18,20-23,25,27-55H2,1-3H3/b19-16-,26-24-/t56-/m1/s1. The van der Waals surface area contributed by atoms with Gasteiger partial charge in [0.2, 0.25) is 0 Å². The van der Waals surface area contributed by atoms with Crippen LogP contribution in [-0.4, -0.2) is 37.2 Å². The Morgan fingerprint density at radius 2 is 0.554 bits per heavy atom. The molecule has 0 spiro atoms. The lowest BCUT2D eigenvalue weighted by atomic mass is 10.0. The van der Waals surface area contributed by atoms with Gasteiger partial charge in [-0.1, -0.05) is 270 Å². The van der Waals surface area contributed by atoms with Gasteiger partial charge in [-0.15, -0.1) is 0 Å². The van der Waals surface area contributed by atoms with E-state index in [4.69, 9.17) is 14.2 Å². The van der Waals surface area contributed by atoms with E-state index < -0.39 is 6.10 Å². The third kappa shape index (κ3) is 52.7. The van der Waals surface area contributed by atoms with Crippen LogP contribution in [0.5, 0.6) is 0 Å². The first-order valence-electron chi connectivity index (χ1n) is 28.8. The highest BCUT2D eigenvalue weighted by atomic mass is 16.6. The fourth-order valence-corrected chi connectivity index (χ4v) is 8.59. The second-order valence-electron chi connectivity index (χ2n) is 19.6. The van der Waals surface area contributed by atoms with E-state index in [-0.39, 0.29) is 31.1 Å². The summed E-state index contributed by atoms with van der Waals surface area (Å²) in [5.41, 5.74) is 0. The SMILES string of the molecule is CCCCC/C=C\C/C=C\CCCCCCCCCCCC(=O)OC[C@@H](COC(=O)CCCCCCCCCCCC)OC(=O)CCCCCCCCCCCCCCCCCCCC. The van der Waals surface area contributed by atoms with Crippen LogP contribution in [0.1, 0.15) is 316 Å². The molecule has 65 heavy (non-hydrogen) atoms. The molecule has 0 rings (SSSR count). The average Bonchev–Trinajstić information content (AvgIpc) is 3.30. The second-order valence-corrected chi connectivity index (χ2v) is 19.6. The van der Waals surface area contributed by atoms with Crippen LogP contribution in [0.2, 0.25) is 0 Å². The summed E-state index contributed by atoms with van der Waals surface area (Å²) >= 11 is 0. The number of unbranched alkanes of at least 4 members (excludes halogenated alkanes) is 38. The molecule has 1 atom stereocenters. The Bertz CT molecular complexity index is 1050. The van der Waals surface area contributed by atoms with E-state index in [1.807, 2.05) is 0 Å². The summed E-state index contributed by atoms with van der Waals surface area (Å²) in [7, 11) is 0. The quantitative estimate of drug-likeness (QED) is 0.0262. The Morgan fingerprint density at radius 3 is 0.877 bits per heavy atom. The molecule has 0 saturated heterocycles. The number of hydrogen-bond donors (Lipinski definition) is 0. The zero-order valence-electron chi connectivity index (χ0n) is 43.8. The summed E-state index contributed by atoms with van der Waals surface area (Å²) in [6.07, 6.45) is 63.1. The molecule has 382 valence electrons. The molecule has 0 aliphatic carbocycles. The summed E-state index contributed by atoms with van der Waals surface area (Å²) in [5.74, 6) is -0.852. The van der Waals surface area contributed by atoms with Crippen molar-refractivity contribution in [3.63, 3.8) is 0 Å². The number of ether oxygens (including phenoxy) is 3. The highest BCUT2D eigenvalue weighted by Crippen LogP contribution is 2.17. The normalized spacial score (nSPS) is 12.1. The van der Waals surface area contributed by atoms with E-state index in [1.54, 1.807) is 0 Å². The van der Waals surface area contributed by atoms with Gasteiger partial charge in [-0.2, -0.15) is 0 Å². The van der Waals surface area contributed by atoms with Crippen molar-refractivity contribution < 1.29 is 28.6 Å². The molecular weight excluding hydrogens is 805 g/mol. The minimum Gasteiger partial charge on any atom is -0.462 e. The molecule has 0 bridgehead atoms. The molecule has 0 radical (unpaired) electrons. The summed E-state index contributed by atoms with van der Waals surface area (Å²) in [5, 5.41) is 0. The van der Waals surface area contributed by atoms with Gasteiger partial charge in [-0.25, -0.2) is 0 Å². The largest absolute Gasteiger partial charge is 0.462 e. The first-order chi connectivity index (χ1) is 32.0. The zero-order valence-corrected chi connectivity index (χ0v) is 43.8. The third-order valence-electron chi connectivity index (χ3n) is 13.0. The van der Waals surface area contributed by atoms with Gasteiger partial charge in [-0.3, -0.25) is 14.4 Å². The van der Waals surface area contributed by atoms with Crippen molar-refractivity contribution in [3.8, 4) is 0 Å². The van der Waals surface area contributed by atoms with Crippen LogP contribution in [0.4, 0.5) is 0 Å². The maximum Gasteiger partial charge on any atom is 0.306 e. The molecule has 0 unspecified atom stereocenters. The molecule has 0 N–H and O–H groups in total. The summed E-state index contributed by atoms with van der Waals surface area (Å²) in [4.78, 5) is 38.1. The van der Waals surface area contributed by atoms with E-state index in [9.17, 15) is 14.4 Å². The minimum atomic E-state index is -0.767. The lowest BCUT2D eigenvalue weighted by Crippen LogP contribution is -2.30. The molecule has 0 aromatic heterocycles. The van der Waals surface area contributed by atoms with Gasteiger partial charge in [0, 0.05) is 19.3 Å². The van der Waals surface area contributed by atoms with Crippen LogP contribution in [0.3, 0.4) is 0 Å². The number of carbonyl (C=O) groups is 3. The summed E-state index contributed by atoms with van der Waals surface area (Å²) in [6.45, 7) is 6.65. The highest BCUT2D eigenvalue weighted by Gasteiger charge is 2.19. The van der Waals surface area contributed by atoms with Crippen molar-refractivity contribution in [2.24, 2.45) is 0 Å². The first kappa shape index (κ1) is 62.9. The molecule has 0 fully saturated rings. The number of esters is 3. The summed E-state index contributed by atoms with van der Waals surface area (Å²) in [6, 6.07) is 0. The van der Waals surface area contributed by atoms with Gasteiger partial charge < -0.3 is 14.2 Å². The van der Waals surface area contributed by atoms with E-state index in [1.165, 1.54) is 212 Å². The molecule has 0 heterocycles. The van der Waals surface area contributed by atoms with Crippen LogP contribution >= 0.6 is 0 Å². The number of rotatable bonds is 53. The van der Waals surface area contributed by atoms with Gasteiger partial charge in [0.25, 0.3) is 0 Å². The van der Waals surface area contributed by atoms with Gasteiger partial charge in [0.05, 0.1) is 0 Å². The van der Waals surface area contributed by atoms with E-state index >= 15 is 0 Å². The number of carbonyl (C=O) groups excluding carboxylic acids is 3. The number of allylic oxidation sites excluding steroid dienone is 4. The predicted molar refractivity (Wildman–Crippen MR) is 279 cm³/mol. The third-order valence-corrected chi connectivity index (χ3v) is 13.0. The highest BCUT2D eigenvalue weighted by molar-refractivity contribution is 5.71. The van der Waals surface area contributed by atoms with Gasteiger partial charge in [0.1, 0.15) is 13.2 Å². The van der Waals surface area contributed by atoms with E-state index in [0.717, 1.165) is 64.2 Å². The Kier molecular flexibility index (Phi) is 52.7. The minimum absolute atomic E-state index is 0.0672. The fourth-order valence-electron chi connectivity index (χ4n) is 8.59. The molecule has 6 nitrogen and oxygen atoms in total. The van der Waals surface area contributed by atoms with Crippen LogP contribution in [0.15, 0.2) is 24.3 Å². The molecule has 0 aromatic carbocycles. The Morgan fingerprint density at radius 1 is 0.308 bits per heavy atom. The van der Waals surface area contributed by atoms with Gasteiger partial charge in [0.15, 0.2) is 6.10 Å². The smallest absolute Gasteiger partial charge is 0.306 e. The predicted octanol–water partition coefficient (Wildman–Crippen LogP) is 19.1. The molecular formula is C59H110O6. The molecule has 0 amide bonds. The molecule has 0 aliphatic heterocycles. The first-order valence-corrected chi connectivity index (χ1v) is 28.8. The monoisotopic (exact) mass is 915 g/mol. The average molecular weight is 916 g/mol. The van der Waals surface area contributed by atoms with Crippen molar-refractivity contribution in [1.29, 1.82) is 0 Å². The topological polar surface area (TPSA) is 78.9 Å². The second kappa shape index (κ2) is 54.5. The van der Waals surface area contributed by atoms with E-state index in [0.29, 0.717) is 19.3 Å².